The smallest absolute Gasteiger partial charge is 0.119 e. The zero-order chi connectivity index (χ0) is 13.7. The largest absolute Gasteiger partial charge is 0.497 e. The third kappa shape index (κ3) is 1.54. The first-order valence-corrected chi connectivity index (χ1v) is 7.77. The van der Waals surface area contributed by atoms with Gasteiger partial charge in [-0.3, -0.25) is 0 Å². The predicted octanol–water partition coefficient (Wildman–Crippen LogP) is 3.16. The summed E-state index contributed by atoms with van der Waals surface area (Å²) in [7, 11) is 4.08. The van der Waals surface area contributed by atoms with Gasteiger partial charge in [-0.05, 0) is 68.5 Å². The number of allylic oxidation sites excluding steroid dienone is 2. The van der Waals surface area contributed by atoms with Gasteiger partial charge in [0.15, 0.2) is 0 Å². The molecule has 4 rings (SSSR count). The molecule has 2 aliphatic carbocycles. The Morgan fingerprint density at radius 1 is 1.30 bits per heavy atom. The van der Waals surface area contributed by atoms with Gasteiger partial charge >= 0.3 is 0 Å². The summed E-state index contributed by atoms with van der Waals surface area (Å²) in [6.07, 6.45) is 9.76. The Balaban J connectivity index is 1.90. The lowest BCUT2D eigenvalue weighted by atomic mass is 9.54. The van der Waals surface area contributed by atoms with Crippen LogP contribution < -0.4 is 4.74 Å². The van der Waals surface area contributed by atoms with Crippen LogP contribution in [0.4, 0.5) is 0 Å². The molecule has 1 heterocycles. The highest BCUT2D eigenvalue weighted by Crippen LogP contribution is 2.54. The number of rotatable bonds is 1. The van der Waals surface area contributed by atoms with E-state index in [-0.39, 0.29) is 0 Å². The monoisotopic (exact) mass is 269 g/mol. The topological polar surface area (TPSA) is 12.5 Å². The standard InChI is InChI=1S/C18H23NO/c1-19-10-9-18-8-4-3-5-15(18)17(19)11-13-6-7-14(20-2)12-16(13)18/h3-4,6-7,12,15,17H,5,8-11H2,1-2H3/t15-,17-,18-/m1/s1. The van der Waals surface area contributed by atoms with E-state index in [0.717, 1.165) is 17.7 Å². The third-order valence-electron chi connectivity index (χ3n) is 5.97. The van der Waals surface area contributed by atoms with Crippen LogP contribution in [0.1, 0.15) is 30.4 Å². The van der Waals surface area contributed by atoms with Crippen molar-refractivity contribution in [2.75, 3.05) is 20.7 Å². The quantitative estimate of drug-likeness (QED) is 0.726. The number of hydrogen-bond donors (Lipinski definition) is 0. The van der Waals surface area contributed by atoms with E-state index in [1.165, 1.54) is 32.2 Å². The molecule has 1 fully saturated rings. The number of likely N-dealkylation sites (N-methyl/N-ethyl adjacent to an activating group) is 1. The van der Waals surface area contributed by atoms with Crippen molar-refractivity contribution in [2.24, 2.45) is 5.92 Å². The van der Waals surface area contributed by atoms with Crippen molar-refractivity contribution >= 4 is 0 Å². The number of hydrogen-bond acceptors (Lipinski definition) is 2. The molecule has 0 unspecified atom stereocenters. The van der Waals surface area contributed by atoms with Crippen LogP contribution in [0.25, 0.3) is 0 Å². The van der Waals surface area contributed by atoms with Gasteiger partial charge in [0.1, 0.15) is 5.75 Å². The van der Waals surface area contributed by atoms with Crippen LogP contribution in [0.3, 0.4) is 0 Å². The van der Waals surface area contributed by atoms with Gasteiger partial charge < -0.3 is 9.64 Å². The first kappa shape index (κ1) is 12.5. The van der Waals surface area contributed by atoms with Crippen LogP contribution in [0, 0.1) is 5.92 Å². The van der Waals surface area contributed by atoms with Crippen molar-refractivity contribution in [3.05, 3.63) is 41.5 Å². The molecule has 0 saturated carbocycles. The van der Waals surface area contributed by atoms with E-state index in [1.807, 2.05) is 0 Å². The third-order valence-corrected chi connectivity index (χ3v) is 5.97. The van der Waals surface area contributed by atoms with Crippen LogP contribution in [0.5, 0.6) is 5.75 Å². The molecule has 3 atom stereocenters. The second-order valence-corrected chi connectivity index (χ2v) is 6.70. The molecule has 20 heavy (non-hydrogen) atoms. The summed E-state index contributed by atoms with van der Waals surface area (Å²) >= 11 is 0. The van der Waals surface area contributed by atoms with Gasteiger partial charge in [-0.2, -0.15) is 0 Å². The van der Waals surface area contributed by atoms with Crippen molar-refractivity contribution in [2.45, 2.75) is 37.1 Å². The van der Waals surface area contributed by atoms with E-state index in [2.05, 4.69) is 42.3 Å². The summed E-state index contributed by atoms with van der Waals surface area (Å²) in [5, 5.41) is 0. The number of nitrogens with zero attached hydrogens (tertiary/aromatic N) is 1. The Kier molecular flexibility index (Phi) is 2.71. The minimum atomic E-state index is 0.369. The van der Waals surface area contributed by atoms with E-state index in [0.29, 0.717) is 5.41 Å². The van der Waals surface area contributed by atoms with Crippen LogP contribution in [0.2, 0.25) is 0 Å². The molecule has 1 aromatic carbocycles. The number of fused-ring (bicyclic) bond motifs is 1. The van der Waals surface area contributed by atoms with Gasteiger partial charge in [-0.25, -0.2) is 0 Å². The molecule has 2 heteroatoms. The predicted molar refractivity (Wildman–Crippen MR) is 81.3 cm³/mol. The lowest BCUT2D eigenvalue weighted by Crippen LogP contribution is -2.59. The molecule has 1 aromatic rings. The number of benzene rings is 1. The van der Waals surface area contributed by atoms with E-state index in [4.69, 9.17) is 4.74 Å². The zero-order valence-corrected chi connectivity index (χ0v) is 12.4. The van der Waals surface area contributed by atoms with Gasteiger partial charge in [0, 0.05) is 11.5 Å². The molecular formula is C18H23NO. The maximum atomic E-state index is 5.49. The van der Waals surface area contributed by atoms with Gasteiger partial charge in [-0.1, -0.05) is 18.2 Å². The second-order valence-electron chi connectivity index (χ2n) is 6.70. The Labute approximate surface area is 121 Å². The van der Waals surface area contributed by atoms with Crippen LogP contribution >= 0.6 is 0 Å². The summed E-state index contributed by atoms with van der Waals surface area (Å²) in [5.41, 5.74) is 3.50. The number of likely N-dealkylation sites (tertiary alicyclic amines) is 1. The average molecular weight is 269 g/mol. The maximum Gasteiger partial charge on any atom is 0.119 e. The lowest BCUT2D eigenvalue weighted by Gasteiger charge is -2.57. The fourth-order valence-electron chi connectivity index (χ4n) is 4.87. The molecular weight excluding hydrogens is 246 g/mol. The summed E-state index contributed by atoms with van der Waals surface area (Å²) < 4.78 is 5.49. The van der Waals surface area contributed by atoms with Gasteiger partial charge in [0.05, 0.1) is 7.11 Å². The molecule has 0 spiro atoms. The van der Waals surface area contributed by atoms with Crippen molar-refractivity contribution < 1.29 is 4.74 Å². The van der Waals surface area contributed by atoms with Gasteiger partial charge in [0.2, 0.25) is 0 Å². The molecule has 0 N–H and O–H groups in total. The molecule has 0 amide bonds. The van der Waals surface area contributed by atoms with Gasteiger partial charge in [-0.15, -0.1) is 0 Å². The molecule has 1 aliphatic heterocycles. The van der Waals surface area contributed by atoms with Crippen LogP contribution in [-0.2, 0) is 11.8 Å². The number of methoxy groups -OCH3 is 1. The SMILES string of the molecule is COc1ccc2c(c1)[C@@]13CC=CC[C@@H]1[C@@H](C2)N(C)CC3. The highest BCUT2D eigenvalue weighted by Gasteiger charge is 2.52. The Morgan fingerprint density at radius 2 is 2.20 bits per heavy atom. The summed E-state index contributed by atoms with van der Waals surface area (Å²) in [6, 6.07) is 7.47. The molecule has 1 saturated heterocycles. The van der Waals surface area contributed by atoms with E-state index in [9.17, 15) is 0 Å². The highest BCUT2D eigenvalue weighted by atomic mass is 16.5. The lowest BCUT2D eigenvalue weighted by molar-refractivity contribution is 0.0289. The summed E-state index contributed by atoms with van der Waals surface area (Å²) in [5.74, 6) is 1.80. The second kappa shape index (κ2) is 4.36. The van der Waals surface area contributed by atoms with Crippen molar-refractivity contribution in [1.82, 2.24) is 4.90 Å². The maximum absolute atomic E-state index is 5.49. The van der Waals surface area contributed by atoms with Crippen LogP contribution in [0.15, 0.2) is 30.4 Å². The Bertz CT molecular complexity index is 565. The average Bonchev–Trinajstić information content (AvgIpc) is 2.50. The molecule has 2 bridgehead atoms. The molecule has 3 aliphatic rings. The molecule has 106 valence electrons. The van der Waals surface area contributed by atoms with E-state index in [1.54, 1.807) is 18.2 Å². The Morgan fingerprint density at radius 3 is 3.05 bits per heavy atom. The van der Waals surface area contributed by atoms with Crippen molar-refractivity contribution in [3.63, 3.8) is 0 Å². The Hall–Kier alpha value is -1.28. The fourth-order valence-corrected chi connectivity index (χ4v) is 4.87. The zero-order valence-electron chi connectivity index (χ0n) is 12.4. The first-order chi connectivity index (χ1) is 9.74. The molecule has 0 radical (unpaired) electrons. The molecule has 2 nitrogen and oxygen atoms in total. The molecule has 0 aromatic heterocycles. The number of piperidine rings is 1. The van der Waals surface area contributed by atoms with Gasteiger partial charge in [0.25, 0.3) is 0 Å². The highest BCUT2D eigenvalue weighted by molar-refractivity contribution is 5.46. The van der Waals surface area contributed by atoms with E-state index < -0.39 is 0 Å². The summed E-state index contributed by atoms with van der Waals surface area (Å²) in [6.45, 7) is 1.23. The van der Waals surface area contributed by atoms with Crippen LogP contribution in [-0.4, -0.2) is 31.6 Å². The minimum Gasteiger partial charge on any atom is -0.497 e. The van der Waals surface area contributed by atoms with E-state index >= 15 is 0 Å². The van der Waals surface area contributed by atoms with Crippen molar-refractivity contribution in [3.8, 4) is 5.75 Å². The van der Waals surface area contributed by atoms with Crippen molar-refractivity contribution in [1.29, 1.82) is 0 Å². The minimum absolute atomic E-state index is 0.369. The first-order valence-electron chi connectivity index (χ1n) is 7.77. The fraction of sp³-hybridized carbons (Fsp3) is 0.556. The summed E-state index contributed by atoms with van der Waals surface area (Å²) in [4.78, 5) is 2.59. The number of ether oxygens (including phenoxy) is 1. The normalized spacial score (nSPS) is 35.3.